The lowest BCUT2D eigenvalue weighted by molar-refractivity contribution is -0.127. The second-order valence-electron chi connectivity index (χ2n) is 4.52. The first-order chi connectivity index (χ1) is 9.97. The molecule has 0 aliphatic carbocycles. The van der Waals surface area contributed by atoms with Gasteiger partial charge in [0.15, 0.2) is 0 Å². The summed E-state index contributed by atoms with van der Waals surface area (Å²) in [5.41, 5.74) is 8.04. The number of hydrogen-bond acceptors (Lipinski definition) is 3. The van der Waals surface area contributed by atoms with Crippen molar-refractivity contribution >= 4 is 46.7 Å². The van der Waals surface area contributed by atoms with Crippen molar-refractivity contribution in [2.75, 3.05) is 5.01 Å². The number of amides is 2. The summed E-state index contributed by atoms with van der Waals surface area (Å²) in [4.78, 5) is 23.8. The number of hydrazine groups is 1. The summed E-state index contributed by atoms with van der Waals surface area (Å²) in [6, 6.07) is 9.17. The van der Waals surface area contributed by atoms with Crippen LogP contribution in [0.25, 0.3) is 0 Å². The van der Waals surface area contributed by atoms with E-state index in [2.05, 4.69) is 30.3 Å². The van der Waals surface area contributed by atoms with Crippen LogP contribution in [-0.2, 0) is 9.59 Å². The normalized spacial score (nSPS) is 17.0. The molecule has 7 heteroatoms. The molecule has 1 aliphatic heterocycles. The Hall–Kier alpha value is -1.60. The molecule has 0 radical (unpaired) electrons. The zero-order valence-corrected chi connectivity index (χ0v) is 13.5. The first-order valence-electron chi connectivity index (χ1n) is 6.65. The highest BCUT2D eigenvalue weighted by molar-refractivity contribution is 8.10. The molecule has 0 bridgehead atoms. The molecule has 3 N–H and O–H groups in total. The van der Waals surface area contributed by atoms with Crippen LogP contribution >= 0.6 is 24.8 Å². The summed E-state index contributed by atoms with van der Waals surface area (Å²) in [5, 5.41) is 1.35. The van der Waals surface area contributed by atoms with Crippen molar-refractivity contribution < 1.29 is 9.59 Å². The molecule has 21 heavy (non-hydrogen) atoms. The van der Waals surface area contributed by atoms with Crippen LogP contribution in [0.4, 0.5) is 5.69 Å². The maximum absolute atomic E-state index is 12.1. The van der Waals surface area contributed by atoms with Gasteiger partial charge in [-0.3, -0.25) is 15.0 Å². The van der Waals surface area contributed by atoms with E-state index in [0.29, 0.717) is 12.1 Å². The average Bonchev–Trinajstić information content (AvgIpc) is 2.72. The monoisotopic (exact) mass is 325 g/mol. The van der Waals surface area contributed by atoms with E-state index in [1.165, 1.54) is 5.01 Å². The van der Waals surface area contributed by atoms with E-state index in [4.69, 9.17) is 5.73 Å². The van der Waals surface area contributed by atoms with E-state index >= 15 is 0 Å². The van der Waals surface area contributed by atoms with Crippen LogP contribution in [0.2, 0.25) is 0 Å². The second kappa shape index (κ2) is 8.63. The zero-order valence-electron chi connectivity index (χ0n) is 11.8. The topological polar surface area (TPSA) is 75.4 Å². The number of nitrogens with zero attached hydrogens (tertiary/aromatic N) is 1. The number of para-hydroxylation sites is 1. The standard InChI is InChI=1S/C13H16N2O2.CH3NS2/c1-2-3-9-11-12(16)14-15(13(11)17)10-7-5-4-6-8-10;2-1(3)4/h4-8,11H,2-3,9H2,1H3,(H,14,16);(H3,2,3,4). The van der Waals surface area contributed by atoms with Gasteiger partial charge in [-0.15, -0.1) is 12.6 Å². The van der Waals surface area contributed by atoms with Gasteiger partial charge in [-0.25, -0.2) is 5.01 Å². The molecule has 1 aliphatic rings. The van der Waals surface area contributed by atoms with Crippen LogP contribution in [0.5, 0.6) is 0 Å². The lowest BCUT2D eigenvalue weighted by atomic mass is 10.0. The highest BCUT2D eigenvalue weighted by Crippen LogP contribution is 2.22. The van der Waals surface area contributed by atoms with E-state index < -0.39 is 5.92 Å². The van der Waals surface area contributed by atoms with Gasteiger partial charge in [0.25, 0.3) is 11.8 Å². The van der Waals surface area contributed by atoms with E-state index in [1.807, 2.05) is 25.1 Å². The number of thiol groups is 1. The number of nitrogens with one attached hydrogen (secondary N) is 1. The van der Waals surface area contributed by atoms with Gasteiger partial charge in [-0.1, -0.05) is 50.2 Å². The summed E-state index contributed by atoms with van der Waals surface area (Å²) in [5.74, 6) is -0.850. The van der Waals surface area contributed by atoms with Crippen molar-refractivity contribution in [2.45, 2.75) is 26.2 Å². The van der Waals surface area contributed by atoms with Crippen LogP contribution < -0.4 is 16.2 Å². The number of hydrogen-bond donors (Lipinski definition) is 3. The molecular weight excluding hydrogens is 306 g/mol. The quantitative estimate of drug-likeness (QED) is 0.450. The molecule has 0 spiro atoms. The van der Waals surface area contributed by atoms with Crippen molar-refractivity contribution in [1.82, 2.24) is 5.43 Å². The van der Waals surface area contributed by atoms with Crippen molar-refractivity contribution in [3.63, 3.8) is 0 Å². The van der Waals surface area contributed by atoms with Gasteiger partial charge in [0, 0.05) is 0 Å². The summed E-state index contributed by atoms with van der Waals surface area (Å²) in [6.07, 6.45) is 2.51. The van der Waals surface area contributed by atoms with Crippen molar-refractivity contribution in [1.29, 1.82) is 0 Å². The van der Waals surface area contributed by atoms with Crippen LogP contribution in [0, 0.1) is 5.92 Å². The largest absolute Gasteiger partial charge is 0.385 e. The minimum absolute atomic E-state index is 0.144. The second-order valence-corrected chi connectivity index (χ2v) is 5.74. The summed E-state index contributed by atoms with van der Waals surface area (Å²) < 4.78 is 0.194. The maximum atomic E-state index is 12.1. The first-order valence-corrected chi connectivity index (χ1v) is 7.50. The van der Waals surface area contributed by atoms with Crippen molar-refractivity contribution in [3.05, 3.63) is 30.3 Å². The summed E-state index contributed by atoms with van der Waals surface area (Å²) >= 11 is 7.65. The van der Waals surface area contributed by atoms with E-state index in [1.54, 1.807) is 12.1 Å². The molecule has 1 fully saturated rings. The Labute approximate surface area is 135 Å². The molecule has 1 saturated heterocycles. The van der Waals surface area contributed by atoms with E-state index in [-0.39, 0.29) is 16.1 Å². The third-order valence-electron chi connectivity index (χ3n) is 2.92. The average molecular weight is 325 g/mol. The fraction of sp³-hybridized carbons (Fsp3) is 0.357. The van der Waals surface area contributed by atoms with Gasteiger partial charge < -0.3 is 5.73 Å². The predicted molar refractivity (Wildman–Crippen MR) is 90.9 cm³/mol. The molecule has 114 valence electrons. The number of anilines is 1. The highest BCUT2D eigenvalue weighted by Gasteiger charge is 2.39. The number of nitrogens with two attached hydrogens (primary N) is 1. The van der Waals surface area contributed by atoms with Crippen LogP contribution in [0.15, 0.2) is 30.3 Å². The Morgan fingerprint density at radius 1 is 1.38 bits per heavy atom. The number of rotatable bonds is 4. The fourth-order valence-electron chi connectivity index (χ4n) is 1.94. The lowest BCUT2D eigenvalue weighted by Gasteiger charge is -2.14. The SMILES string of the molecule is CCCCC1C(=O)NN(c2ccccc2)C1=O.NC(=S)S. The zero-order chi connectivity index (χ0) is 15.8. The van der Waals surface area contributed by atoms with Gasteiger partial charge in [0.1, 0.15) is 10.2 Å². The number of carbonyl (C=O) groups is 2. The van der Waals surface area contributed by atoms with E-state index in [0.717, 1.165) is 12.8 Å². The first kappa shape index (κ1) is 17.5. The Balaban J connectivity index is 0.000000491. The van der Waals surface area contributed by atoms with Gasteiger partial charge in [0.2, 0.25) is 0 Å². The van der Waals surface area contributed by atoms with Gasteiger partial charge >= 0.3 is 0 Å². The summed E-state index contributed by atoms with van der Waals surface area (Å²) in [7, 11) is 0. The minimum Gasteiger partial charge on any atom is -0.385 e. The van der Waals surface area contributed by atoms with Crippen molar-refractivity contribution in [2.24, 2.45) is 11.7 Å². The molecule has 1 aromatic rings. The van der Waals surface area contributed by atoms with Crippen molar-refractivity contribution in [3.8, 4) is 0 Å². The Morgan fingerprint density at radius 3 is 2.48 bits per heavy atom. The van der Waals surface area contributed by atoms with Crippen LogP contribution in [0.3, 0.4) is 0 Å². The highest BCUT2D eigenvalue weighted by atomic mass is 32.1. The Bertz CT molecular complexity index is 504. The fourth-order valence-corrected chi connectivity index (χ4v) is 1.94. The minimum atomic E-state index is -0.518. The molecular formula is C14H19N3O2S2. The molecule has 1 atom stereocenters. The Morgan fingerprint density at radius 2 is 1.95 bits per heavy atom. The maximum Gasteiger partial charge on any atom is 0.258 e. The number of unbranched alkanes of at least 4 members (excludes halogenated alkanes) is 1. The van der Waals surface area contributed by atoms with Crippen LogP contribution in [0.1, 0.15) is 26.2 Å². The molecule has 5 nitrogen and oxygen atoms in total. The molecule has 0 saturated carbocycles. The Kier molecular flexibility index (Phi) is 7.18. The molecule has 0 aromatic heterocycles. The smallest absolute Gasteiger partial charge is 0.258 e. The predicted octanol–water partition coefficient (Wildman–Crippen LogP) is 2.03. The van der Waals surface area contributed by atoms with Gasteiger partial charge in [0.05, 0.1) is 5.69 Å². The number of benzene rings is 1. The van der Waals surface area contributed by atoms with E-state index in [9.17, 15) is 9.59 Å². The molecule has 2 rings (SSSR count). The van der Waals surface area contributed by atoms with Gasteiger partial charge in [-0.2, -0.15) is 0 Å². The molecule has 1 unspecified atom stereocenters. The summed E-state index contributed by atoms with van der Waals surface area (Å²) in [6.45, 7) is 2.05. The number of carbonyl (C=O) groups excluding carboxylic acids is 2. The number of thiocarbonyl (C=S) groups is 1. The van der Waals surface area contributed by atoms with Gasteiger partial charge in [-0.05, 0) is 18.6 Å². The third kappa shape index (κ3) is 5.35. The molecule has 1 heterocycles. The third-order valence-corrected chi connectivity index (χ3v) is 2.92. The molecule has 1 aromatic carbocycles. The molecule has 2 amide bonds. The lowest BCUT2D eigenvalue weighted by Crippen LogP contribution is -2.35. The van der Waals surface area contributed by atoms with Crippen LogP contribution in [-0.4, -0.2) is 16.1 Å².